The molecule has 2 aromatic carbocycles. The quantitative estimate of drug-likeness (QED) is 0.554. The summed E-state index contributed by atoms with van der Waals surface area (Å²) in [6.07, 6.45) is 2.63. The summed E-state index contributed by atoms with van der Waals surface area (Å²) in [6.45, 7) is 1.91. The van der Waals surface area contributed by atoms with Crippen LogP contribution in [0.25, 0.3) is 0 Å². The van der Waals surface area contributed by atoms with Gasteiger partial charge in [-0.25, -0.2) is 0 Å². The number of carbonyl (C=O) groups excluding carboxylic acids is 3. The van der Waals surface area contributed by atoms with Gasteiger partial charge in [0.1, 0.15) is 0 Å². The molecule has 3 rings (SSSR count). The van der Waals surface area contributed by atoms with Gasteiger partial charge in [-0.3, -0.25) is 19.3 Å². The zero-order valence-corrected chi connectivity index (χ0v) is 17.0. The van der Waals surface area contributed by atoms with Gasteiger partial charge in [-0.15, -0.1) is 0 Å². The van der Waals surface area contributed by atoms with E-state index in [4.69, 9.17) is 5.73 Å². The van der Waals surface area contributed by atoms with Gasteiger partial charge < -0.3 is 16.4 Å². The van der Waals surface area contributed by atoms with Crippen LogP contribution in [0.4, 0.5) is 5.69 Å². The highest BCUT2D eigenvalue weighted by Crippen LogP contribution is 2.21. The lowest BCUT2D eigenvalue weighted by Gasteiger charge is -2.22. The summed E-state index contributed by atoms with van der Waals surface area (Å²) in [4.78, 5) is 37.9. The Kier molecular flexibility index (Phi) is 7.57. The van der Waals surface area contributed by atoms with Crippen LogP contribution in [-0.4, -0.2) is 41.8 Å². The standard InChI is InChI=1S/C23H28N4O3/c24-22(29)20-11-6-14-27(20)16-17-7-4-10-19(15-17)26-21(28)12-5-13-25-23(30)18-8-2-1-3-9-18/h1-4,7-10,15,20H,5-6,11-14,16H2,(H2,24,29)(H,25,30)(H,26,28). The minimum atomic E-state index is -0.281. The van der Waals surface area contributed by atoms with Crippen LogP contribution in [0.2, 0.25) is 0 Å². The summed E-state index contributed by atoms with van der Waals surface area (Å²) >= 11 is 0. The first-order valence-corrected chi connectivity index (χ1v) is 10.3. The van der Waals surface area contributed by atoms with Crippen LogP contribution in [0.1, 0.15) is 41.6 Å². The summed E-state index contributed by atoms with van der Waals surface area (Å²) < 4.78 is 0. The molecule has 0 spiro atoms. The summed E-state index contributed by atoms with van der Waals surface area (Å²) in [6, 6.07) is 16.4. The van der Waals surface area contributed by atoms with E-state index in [1.807, 2.05) is 42.5 Å². The lowest BCUT2D eigenvalue weighted by atomic mass is 10.1. The summed E-state index contributed by atoms with van der Waals surface area (Å²) in [5, 5.41) is 5.72. The van der Waals surface area contributed by atoms with E-state index in [9.17, 15) is 14.4 Å². The molecule has 1 heterocycles. The van der Waals surface area contributed by atoms with Crippen molar-refractivity contribution in [3.05, 3.63) is 65.7 Å². The Hall–Kier alpha value is -3.19. The van der Waals surface area contributed by atoms with Crippen molar-refractivity contribution in [2.75, 3.05) is 18.4 Å². The second-order valence-corrected chi connectivity index (χ2v) is 7.50. The normalized spacial score (nSPS) is 16.2. The molecule has 1 fully saturated rings. The fourth-order valence-corrected chi connectivity index (χ4v) is 3.69. The van der Waals surface area contributed by atoms with Crippen molar-refractivity contribution in [3.8, 4) is 0 Å². The molecule has 0 bridgehead atoms. The molecule has 30 heavy (non-hydrogen) atoms. The van der Waals surface area contributed by atoms with Gasteiger partial charge in [0.05, 0.1) is 6.04 Å². The number of nitrogens with two attached hydrogens (primary N) is 1. The molecule has 0 aromatic heterocycles. The minimum absolute atomic E-state index is 0.0997. The monoisotopic (exact) mass is 408 g/mol. The molecule has 7 nitrogen and oxygen atoms in total. The van der Waals surface area contributed by atoms with Gasteiger partial charge in [0, 0.05) is 30.8 Å². The summed E-state index contributed by atoms with van der Waals surface area (Å²) in [5.41, 5.74) is 7.84. The number of anilines is 1. The van der Waals surface area contributed by atoms with Crippen molar-refractivity contribution < 1.29 is 14.4 Å². The second-order valence-electron chi connectivity index (χ2n) is 7.50. The van der Waals surface area contributed by atoms with Gasteiger partial charge >= 0.3 is 0 Å². The highest BCUT2D eigenvalue weighted by Gasteiger charge is 2.28. The van der Waals surface area contributed by atoms with Crippen LogP contribution < -0.4 is 16.4 Å². The molecule has 7 heteroatoms. The van der Waals surface area contributed by atoms with Crippen LogP contribution in [0, 0.1) is 0 Å². The Morgan fingerprint density at radius 1 is 1.07 bits per heavy atom. The van der Waals surface area contributed by atoms with Crippen LogP contribution in [0.5, 0.6) is 0 Å². The average Bonchev–Trinajstić information content (AvgIpc) is 3.20. The molecule has 1 unspecified atom stereocenters. The molecule has 2 aromatic rings. The minimum Gasteiger partial charge on any atom is -0.368 e. The highest BCUT2D eigenvalue weighted by molar-refractivity contribution is 5.94. The van der Waals surface area contributed by atoms with E-state index in [2.05, 4.69) is 15.5 Å². The average molecular weight is 409 g/mol. The van der Waals surface area contributed by atoms with E-state index < -0.39 is 0 Å². The van der Waals surface area contributed by atoms with Crippen molar-refractivity contribution in [1.29, 1.82) is 0 Å². The number of nitrogens with zero attached hydrogens (tertiary/aromatic N) is 1. The highest BCUT2D eigenvalue weighted by atomic mass is 16.2. The molecule has 0 radical (unpaired) electrons. The third kappa shape index (κ3) is 6.15. The van der Waals surface area contributed by atoms with Crippen molar-refractivity contribution in [2.24, 2.45) is 5.73 Å². The Morgan fingerprint density at radius 3 is 2.63 bits per heavy atom. The maximum absolute atomic E-state index is 12.2. The predicted molar refractivity (Wildman–Crippen MR) is 116 cm³/mol. The van der Waals surface area contributed by atoms with Crippen LogP contribution in [-0.2, 0) is 16.1 Å². The number of hydrogen-bond acceptors (Lipinski definition) is 4. The maximum atomic E-state index is 12.2. The molecule has 0 aliphatic carbocycles. The lowest BCUT2D eigenvalue weighted by Crippen LogP contribution is -2.39. The van der Waals surface area contributed by atoms with Crippen LogP contribution >= 0.6 is 0 Å². The zero-order valence-electron chi connectivity index (χ0n) is 17.0. The molecule has 4 N–H and O–H groups in total. The third-order valence-electron chi connectivity index (χ3n) is 5.19. The Morgan fingerprint density at radius 2 is 1.87 bits per heavy atom. The Bertz CT molecular complexity index is 885. The van der Waals surface area contributed by atoms with Crippen molar-refractivity contribution in [2.45, 2.75) is 38.3 Å². The van der Waals surface area contributed by atoms with E-state index >= 15 is 0 Å². The molecule has 1 aliphatic heterocycles. The first-order valence-electron chi connectivity index (χ1n) is 10.3. The fraction of sp³-hybridized carbons (Fsp3) is 0.348. The van der Waals surface area contributed by atoms with Crippen molar-refractivity contribution >= 4 is 23.4 Å². The lowest BCUT2D eigenvalue weighted by molar-refractivity contribution is -0.122. The van der Waals surface area contributed by atoms with Gasteiger partial charge in [0.25, 0.3) is 5.91 Å². The summed E-state index contributed by atoms with van der Waals surface area (Å²) in [7, 11) is 0. The Balaban J connectivity index is 1.42. The van der Waals surface area contributed by atoms with Gasteiger partial charge in [-0.2, -0.15) is 0 Å². The summed E-state index contributed by atoms with van der Waals surface area (Å²) in [5.74, 6) is -0.520. The number of hydrogen-bond donors (Lipinski definition) is 3. The van der Waals surface area contributed by atoms with Crippen LogP contribution in [0.3, 0.4) is 0 Å². The topological polar surface area (TPSA) is 105 Å². The predicted octanol–water partition coefficient (Wildman–Crippen LogP) is 2.28. The smallest absolute Gasteiger partial charge is 0.251 e. The molecule has 0 saturated carbocycles. The van der Waals surface area contributed by atoms with E-state index in [0.29, 0.717) is 31.5 Å². The van der Waals surface area contributed by atoms with Crippen molar-refractivity contribution in [1.82, 2.24) is 10.2 Å². The van der Waals surface area contributed by atoms with E-state index in [1.54, 1.807) is 12.1 Å². The molecule has 1 aliphatic rings. The van der Waals surface area contributed by atoms with Gasteiger partial charge in [0.15, 0.2) is 0 Å². The number of primary amides is 1. The first kappa shape index (κ1) is 21.5. The Labute approximate surface area is 176 Å². The SMILES string of the molecule is NC(=O)C1CCCN1Cc1cccc(NC(=O)CCCNC(=O)c2ccccc2)c1. The van der Waals surface area contributed by atoms with Crippen LogP contribution in [0.15, 0.2) is 54.6 Å². The number of benzene rings is 2. The number of nitrogens with one attached hydrogen (secondary N) is 2. The largest absolute Gasteiger partial charge is 0.368 e. The zero-order chi connectivity index (χ0) is 21.3. The maximum Gasteiger partial charge on any atom is 0.251 e. The fourth-order valence-electron chi connectivity index (χ4n) is 3.69. The number of likely N-dealkylation sites (tertiary alicyclic amines) is 1. The molecular weight excluding hydrogens is 380 g/mol. The third-order valence-corrected chi connectivity index (χ3v) is 5.19. The van der Waals surface area contributed by atoms with Gasteiger partial charge in [-0.1, -0.05) is 30.3 Å². The first-order chi connectivity index (χ1) is 14.5. The van der Waals surface area contributed by atoms with E-state index in [-0.39, 0.29) is 23.8 Å². The van der Waals surface area contributed by atoms with Gasteiger partial charge in [0.2, 0.25) is 11.8 Å². The number of rotatable bonds is 9. The number of amides is 3. The van der Waals surface area contributed by atoms with Crippen molar-refractivity contribution in [3.63, 3.8) is 0 Å². The number of carbonyl (C=O) groups is 3. The molecule has 1 atom stereocenters. The van der Waals surface area contributed by atoms with E-state index in [1.165, 1.54) is 0 Å². The molecule has 1 saturated heterocycles. The molecular formula is C23H28N4O3. The second kappa shape index (κ2) is 10.5. The molecule has 3 amide bonds. The molecule has 158 valence electrons. The van der Waals surface area contributed by atoms with E-state index in [0.717, 1.165) is 30.6 Å². The van der Waals surface area contributed by atoms with Gasteiger partial charge in [-0.05, 0) is 55.6 Å².